The molecule has 0 radical (unpaired) electrons. The maximum absolute atomic E-state index is 12.1. The Balaban J connectivity index is 1.61. The molecule has 2 aliphatic heterocycles. The Labute approximate surface area is 263 Å². The number of rotatable bonds is 15. The lowest BCUT2D eigenvalue weighted by Crippen LogP contribution is -2.28. The van der Waals surface area contributed by atoms with Crippen molar-refractivity contribution in [2.75, 3.05) is 36.0 Å². The van der Waals surface area contributed by atoms with Crippen molar-refractivity contribution in [1.82, 2.24) is 5.48 Å². The van der Waals surface area contributed by atoms with E-state index in [4.69, 9.17) is 4.28 Å². The van der Waals surface area contributed by atoms with E-state index in [0.717, 1.165) is 22.8 Å². The number of para-hydroxylation sites is 2. The molecular formula is C33H46N3O6S2+. The highest BCUT2D eigenvalue weighted by molar-refractivity contribution is 7.86. The number of anilines is 1. The third-order valence-electron chi connectivity index (χ3n) is 8.50. The van der Waals surface area contributed by atoms with Crippen molar-refractivity contribution < 1.29 is 30.2 Å². The summed E-state index contributed by atoms with van der Waals surface area (Å²) in [6.07, 6.45) is 8.56. The van der Waals surface area contributed by atoms with Gasteiger partial charge in [0.15, 0.2) is 5.71 Å². The molecule has 0 saturated heterocycles. The molecule has 2 aromatic carbocycles. The van der Waals surface area contributed by atoms with Gasteiger partial charge < -0.3 is 4.90 Å². The summed E-state index contributed by atoms with van der Waals surface area (Å²) in [5.41, 5.74) is 8.85. The minimum absolute atomic E-state index is 0.0497. The Bertz CT molecular complexity index is 1660. The lowest BCUT2D eigenvalue weighted by molar-refractivity contribution is -0.438. The van der Waals surface area contributed by atoms with Crippen LogP contribution in [0.15, 0.2) is 72.5 Å². The number of benzene rings is 2. The van der Waals surface area contributed by atoms with Crippen LogP contribution in [0.1, 0.15) is 71.4 Å². The number of hydrogen-bond donors (Lipinski definition) is 2. The maximum Gasteiger partial charge on any atom is 0.283 e. The zero-order chi connectivity index (χ0) is 32.2. The largest absolute Gasteiger partial charge is 0.344 e. The molecule has 0 fully saturated rings. The van der Waals surface area contributed by atoms with Crippen LogP contribution < -0.4 is 10.4 Å². The quantitative estimate of drug-likeness (QED) is 0.111. The van der Waals surface area contributed by atoms with E-state index in [1.807, 2.05) is 18.2 Å². The van der Waals surface area contributed by atoms with E-state index in [-0.39, 0.29) is 22.3 Å². The fraction of sp³-hybridized carbons (Fsp3) is 0.485. The van der Waals surface area contributed by atoms with E-state index in [9.17, 15) is 21.4 Å². The number of nitrogens with one attached hydrogen (secondary N) is 1. The summed E-state index contributed by atoms with van der Waals surface area (Å²) < 4.78 is 63.1. The standard InChI is InChI=1S/C33H45N3O6S2/c1-6-34-42-44(40,41)25-14-12-23-36-29-19-10-8-17-27(29)33(4,5)31(36)21-15-20-30-32(2,3)26-16-7-9-18-28(26)35(30)22-11-13-24-43(37,38)39/h7-10,15-21,34H,6,11-14,22-25H2,1-5H3/p+1. The first-order valence-corrected chi connectivity index (χ1v) is 18.5. The molecule has 2 N–H and O–H groups in total. The fourth-order valence-corrected chi connectivity index (χ4v) is 7.80. The van der Waals surface area contributed by atoms with Crippen LogP contribution >= 0.6 is 0 Å². The van der Waals surface area contributed by atoms with Gasteiger partial charge in [0.05, 0.1) is 16.9 Å². The summed E-state index contributed by atoms with van der Waals surface area (Å²) in [4.78, 5) is 2.26. The van der Waals surface area contributed by atoms with Crippen LogP contribution in [0.4, 0.5) is 11.4 Å². The van der Waals surface area contributed by atoms with Gasteiger partial charge in [-0.15, -0.1) is 0 Å². The van der Waals surface area contributed by atoms with Gasteiger partial charge in [-0.3, -0.25) is 4.55 Å². The minimum Gasteiger partial charge on any atom is -0.344 e. The summed E-state index contributed by atoms with van der Waals surface area (Å²) in [5, 5.41) is 0. The lowest BCUT2D eigenvalue weighted by atomic mass is 9.81. The van der Waals surface area contributed by atoms with Gasteiger partial charge in [0.2, 0.25) is 5.69 Å². The fourth-order valence-electron chi connectivity index (χ4n) is 6.29. The molecule has 44 heavy (non-hydrogen) atoms. The van der Waals surface area contributed by atoms with E-state index in [1.165, 1.54) is 11.1 Å². The van der Waals surface area contributed by atoms with Gasteiger partial charge in [0.1, 0.15) is 6.54 Å². The van der Waals surface area contributed by atoms with E-state index >= 15 is 0 Å². The van der Waals surface area contributed by atoms with Crippen LogP contribution in [0.25, 0.3) is 0 Å². The van der Waals surface area contributed by atoms with Crippen molar-refractivity contribution in [1.29, 1.82) is 0 Å². The van der Waals surface area contributed by atoms with Crippen molar-refractivity contribution in [3.05, 3.63) is 83.6 Å². The predicted molar refractivity (Wildman–Crippen MR) is 177 cm³/mol. The molecule has 0 spiro atoms. The second kappa shape index (κ2) is 13.7. The molecule has 9 nitrogen and oxygen atoms in total. The van der Waals surface area contributed by atoms with Crippen molar-refractivity contribution >= 4 is 37.3 Å². The first-order chi connectivity index (χ1) is 20.7. The molecule has 0 aliphatic carbocycles. The average Bonchev–Trinajstić information content (AvgIpc) is 3.31. The van der Waals surface area contributed by atoms with Gasteiger partial charge in [-0.1, -0.05) is 63.2 Å². The van der Waals surface area contributed by atoms with E-state index in [2.05, 4.69) is 91.2 Å². The highest BCUT2D eigenvalue weighted by Gasteiger charge is 2.44. The van der Waals surface area contributed by atoms with Gasteiger partial charge >= 0.3 is 0 Å². The molecular weight excluding hydrogens is 599 g/mol. The minimum atomic E-state index is -3.99. The highest BCUT2D eigenvalue weighted by atomic mass is 32.2. The van der Waals surface area contributed by atoms with Crippen molar-refractivity contribution in [2.45, 2.75) is 71.1 Å². The van der Waals surface area contributed by atoms with Crippen LogP contribution in [0.5, 0.6) is 0 Å². The zero-order valence-corrected chi connectivity index (χ0v) is 28.0. The van der Waals surface area contributed by atoms with Gasteiger partial charge in [0, 0.05) is 54.0 Å². The molecule has 0 atom stereocenters. The van der Waals surface area contributed by atoms with E-state index in [0.29, 0.717) is 45.3 Å². The second-order valence-electron chi connectivity index (χ2n) is 12.4. The maximum atomic E-state index is 12.1. The second-order valence-corrected chi connectivity index (χ2v) is 15.7. The number of unbranched alkanes of at least 4 members (excludes halogenated alkanes) is 2. The number of hydrogen-bond acceptors (Lipinski definition) is 7. The Hall–Kier alpha value is -2.83. The molecule has 2 aromatic rings. The number of nitrogens with zero attached hydrogens (tertiary/aromatic N) is 2. The van der Waals surface area contributed by atoms with Crippen molar-refractivity contribution in [3.8, 4) is 0 Å². The predicted octanol–water partition coefficient (Wildman–Crippen LogP) is 5.62. The molecule has 2 heterocycles. The molecule has 0 amide bonds. The van der Waals surface area contributed by atoms with Crippen LogP contribution in [-0.4, -0.2) is 62.8 Å². The monoisotopic (exact) mass is 644 g/mol. The third kappa shape index (κ3) is 7.69. The first kappa shape index (κ1) is 34.1. The summed E-state index contributed by atoms with van der Waals surface area (Å²) in [6.45, 7) is 12.3. The molecule has 0 unspecified atom stereocenters. The van der Waals surface area contributed by atoms with Crippen LogP contribution in [0.2, 0.25) is 0 Å². The number of hydroxylamine groups is 1. The van der Waals surface area contributed by atoms with Crippen LogP contribution in [0.3, 0.4) is 0 Å². The Morgan fingerprint density at radius 3 is 2.25 bits per heavy atom. The van der Waals surface area contributed by atoms with E-state index in [1.54, 1.807) is 6.92 Å². The Morgan fingerprint density at radius 1 is 0.886 bits per heavy atom. The normalized spacial score (nSPS) is 18.4. The number of allylic oxidation sites excluding steroid dienone is 4. The SMILES string of the molecule is CCNOS(=O)(=O)CCCC[N+]1=C(C=CC=C2N(CCCCS(=O)(=O)O)c3ccccc3C2(C)C)C(C)(C)c2ccccc21. The van der Waals surface area contributed by atoms with Crippen molar-refractivity contribution in [3.63, 3.8) is 0 Å². The van der Waals surface area contributed by atoms with Gasteiger partial charge in [-0.25, -0.2) is 0 Å². The van der Waals surface area contributed by atoms with Crippen molar-refractivity contribution in [2.24, 2.45) is 0 Å². The van der Waals surface area contributed by atoms with Crippen LogP contribution in [0, 0.1) is 0 Å². The Morgan fingerprint density at radius 2 is 1.55 bits per heavy atom. The molecule has 0 saturated carbocycles. The summed E-state index contributed by atoms with van der Waals surface area (Å²) >= 11 is 0. The van der Waals surface area contributed by atoms with Crippen LogP contribution in [-0.2, 0) is 35.4 Å². The molecule has 0 bridgehead atoms. The zero-order valence-electron chi connectivity index (χ0n) is 26.4. The summed E-state index contributed by atoms with van der Waals surface area (Å²) in [6, 6.07) is 16.7. The summed E-state index contributed by atoms with van der Waals surface area (Å²) in [7, 11) is -7.61. The molecule has 11 heteroatoms. The van der Waals surface area contributed by atoms with Gasteiger partial charge in [-0.2, -0.15) is 31.2 Å². The summed E-state index contributed by atoms with van der Waals surface area (Å²) in [5.74, 6) is -0.297. The van der Waals surface area contributed by atoms with Gasteiger partial charge in [0.25, 0.3) is 20.2 Å². The average molecular weight is 645 g/mol. The molecule has 2 aliphatic rings. The Kier molecular flexibility index (Phi) is 10.6. The molecule has 240 valence electrons. The first-order valence-electron chi connectivity index (χ1n) is 15.3. The number of fused-ring (bicyclic) bond motifs is 2. The topological polar surface area (TPSA) is 116 Å². The highest BCUT2D eigenvalue weighted by Crippen LogP contribution is 2.47. The van der Waals surface area contributed by atoms with E-state index < -0.39 is 20.2 Å². The third-order valence-corrected chi connectivity index (χ3v) is 10.5. The van der Waals surface area contributed by atoms with Gasteiger partial charge in [-0.05, 0) is 50.8 Å². The smallest absolute Gasteiger partial charge is 0.283 e. The molecule has 4 rings (SSSR count). The molecule has 0 aromatic heterocycles. The lowest BCUT2D eigenvalue weighted by Gasteiger charge is -2.27.